The molecular formula is C21H33N5O. The fourth-order valence-electron chi connectivity index (χ4n) is 4.87. The summed E-state index contributed by atoms with van der Waals surface area (Å²) in [6.07, 6.45) is 11.2. The number of nitrogens with zero attached hydrogens (tertiary/aromatic N) is 4. The lowest BCUT2D eigenvalue weighted by molar-refractivity contribution is -0.134. The molecular weight excluding hydrogens is 338 g/mol. The van der Waals surface area contributed by atoms with E-state index in [1.54, 1.807) is 0 Å². The molecule has 3 aliphatic rings. The Morgan fingerprint density at radius 3 is 2.74 bits per heavy atom. The molecule has 0 bridgehead atoms. The van der Waals surface area contributed by atoms with Crippen LogP contribution < -0.4 is 10.2 Å². The van der Waals surface area contributed by atoms with E-state index in [0.29, 0.717) is 6.04 Å². The highest BCUT2D eigenvalue weighted by molar-refractivity contribution is 5.82. The average molecular weight is 372 g/mol. The van der Waals surface area contributed by atoms with Crippen LogP contribution in [-0.2, 0) is 11.3 Å². The maximum atomic E-state index is 12.9. The Morgan fingerprint density at radius 2 is 1.96 bits per heavy atom. The molecule has 2 aliphatic heterocycles. The molecule has 1 N–H and O–H groups in total. The monoisotopic (exact) mass is 371 g/mol. The SMILES string of the molecule is C[C@]1(C(=O)NC2CCCC2)CCCN(Cc2ccnc(N3CCCC3)n2)C1. The van der Waals surface area contributed by atoms with Crippen LogP contribution in [0, 0.1) is 5.41 Å². The summed E-state index contributed by atoms with van der Waals surface area (Å²) < 4.78 is 0. The van der Waals surface area contributed by atoms with Crippen molar-refractivity contribution in [3.63, 3.8) is 0 Å². The van der Waals surface area contributed by atoms with Gasteiger partial charge in [-0.2, -0.15) is 0 Å². The molecule has 1 aromatic heterocycles. The highest BCUT2D eigenvalue weighted by Gasteiger charge is 2.38. The van der Waals surface area contributed by atoms with E-state index in [1.165, 1.54) is 25.7 Å². The third-order valence-corrected chi connectivity index (χ3v) is 6.49. The van der Waals surface area contributed by atoms with Crippen LogP contribution in [0.4, 0.5) is 5.95 Å². The summed E-state index contributed by atoms with van der Waals surface area (Å²) in [6.45, 7) is 6.91. The Kier molecular flexibility index (Phi) is 5.62. The van der Waals surface area contributed by atoms with Crippen molar-refractivity contribution in [2.45, 2.75) is 70.9 Å². The highest BCUT2D eigenvalue weighted by Crippen LogP contribution is 2.31. The fraction of sp³-hybridized carbons (Fsp3) is 0.762. The van der Waals surface area contributed by atoms with E-state index in [9.17, 15) is 4.79 Å². The van der Waals surface area contributed by atoms with Gasteiger partial charge < -0.3 is 10.2 Å². The first-order chi connectivity index (χ1) is 13.1. The Labute approximate surface area is 162 Å². The molecule has 0 radical (unpaired) electrons. The van der Waals surface area contributed by atoms with Gasteiger partial charge in [-0.05, 0) is 58.1 Å². The van der Waals surface area contributed by atoms with Gasteiger partial charge in [-0.3, -0.25) is 9.69 Å². The smallest absolute Gasteiger partial charge is 0.227 e. The minimum atomic E-state index is -0.286. The fourth-order valence-corrected chi connectivity index (χ4v) is 4.87. The minimum Gasteiger partial charge on any atom is -0.353 e. The number of anilines is 1. The van der Waals surface area contributed by atoms with Crippen LogP contribution in [0.3, 0.4) is 0 Å². The van der Waals surface area contributed by atoms with E-state index in [1.807, 2.05) is 12.3 Å². The molecule has 6 heteroatoms. The molecule has 27 heavy (non-hydrogen) atoms. The molecule has 3 heterocycles. The van der Waals surface area contributed by atoms with E-state index in [-0.39, 0.29) is 11.3 Å². The van der Waals surface area contributed by atoms with Gasteiger partial charge in [0.15, 0.2) is 0 Å². The highest BCUT2D eigenvalue weighted by atomic mass is 16.2. The number of rotatable bonds is 5. The molecule has 0 aromatic carbocycles. The Balaban J connectivity index is 1.37. The third kappa shape index (κ3) is 4.42. The van der Waals surface area contributed by atoms with E-state index in [2.05, 4.69) is 27.0 Å². The Morgan fingerprint density at radius 1 is 1.19 bits per heavy atom. The summed E-state index contributed by atoms with van der Waals surface area (Å²) in [7, 11) is 0. The van der Waals surface area contributed by atoms with E-state index < -0.39 is 0 Å². The summed E-state index contributed by atoms with van der Waals surface area (Å²) in [5.41, 5.74) is 0.776. The lowest BCUT2D eigenvalue weighted by Crippen LogP contribution is -2.51. The van der Waals surface area contributed by atoms with Gasteiger partial charge in [0.1, 0.15) is 0 Å². The first-order valence-electron chi connectivity index (χ1n) is 10.7. The first kappa shape index (κ1) is 18.7. The van der Waals surface area contributed by atoms with Crippen LogP contribution in [-0.4, -0.2) is 53.0 Å². The molecule has 3 fully saturated rings. The normalized spacial score (nSPS) is 27.2. The lowest BCUT2D eigenvalue weighted by Gasteiger charge is -2.39. The third-order valence-electron chi connectivity index (χ3n) is 6.49. The van der Waals surface area contributed by atoms with Crippen molar-refractivity contribution in [2.75, 3.05) is 31.1 Å². The number of amides is 1. The average Bonchev–Trinajstić information content (AvgIpc) is 3.36. The molecule has 1 saturated carbocycles. The quantitative estimate of drug-likeness (QED) is 0.862. The summed E-state index contributed by atoms with van der Waals surface area (Å²) in [4.78, 5) is 26.9. The second-order valence-corrected chi connectivity index (χ2v) is 8.87. The van der Waals surface area contributed by atoms with Crippen LogP contribution in [0.5, 0.6) is 0 Å². The molecule has 1 atom stereocenters. The van der Waals surface area contributed by atoms with Crippen molar-refractivity contribution in [3.8, 4) is 0 Å². The summed E-state index contributed by atoms with van der Waals surface area (Å²) in [6, 6.07) is 2.42. The van der Waals surface area contributed by atoms with E-state index >= 15 is 0 Å². The number of aromatic nitrogens is 2. The maximum absolute atomic E-state index is 12.9. The standard InChI is InChI=1S/C21H33N5O/c1-21(19(27)23-17-7-2-3-8-17)10-6-12-25(16-21)15-18-9-11-22-20(24-18)26-13-4-5-14-26/h9,11,17H,2-8,10,12-16H2,1H3,(H,23,27)/t21-/m0/s1. The van der Waals surface area contributed by atoms with Crippen LogP contribution in [0.1, 0.15) is 64.0 Å². The van der Waals surface area contributed by atoms with Gasteiger partial charge in [-0.25, -0.2) is 9.97 Å². The van der Waals surface area contributed by atoms with Crippen molar-refractivity contribution in [1.82, 2.24) is 20.2 Å². The van der Waals surface area contributed by atoms with Crippen LogP contribution in [0.15, 0.2) is 12.3 Å². The molecule has 4 rings (SSSR count). The molecule has 1 amide bonds. The number of carbonyl (C=O) groups excluding carboxylic acids is 1. The lowest BCUT2D eigenvalue weighted by atomic mass is 9.80. The van der Waals surface area contributed by atoms with Crippen molar-refractivity contribution < 1.29 is 4.79 Å². The zero-order chi connectivity index (χ0) is 18.7. The zero-order valence-corrected chi connectivity index (χ0v) is 16.6. The maximum Gasteiger partial charge on any atom is 0.227 e. The van der Waals surface area contributed by atoms with Crippen molar-refractivity contribution >= 4 is 11.9 Å². The number of piperidine rings is 1. The largest absolute Gasteiger partial charge is 0.353 e. The van der Waals surface area contributed by atoms with E-state index in [0.717, 1.165) is 70.0 Å². The number of likely N-dealkylation sites (tertiary alicyclic amines) is 1. The van der Waals surface area contributed by atoms with Gasteiger partial charge in [-0.1, -0.05) is 12.8 Å². The molecule has 2 saturated heterocycles. The molecule has 0 spiro atoms. The van der Waals surface area contributed by atoms with Gasteiger partial charge in [0, 0.05) is 38.4 Å². The van der Waals surface area contributed by atoms with Crippen LogP contribution in [0.2, 0.25) is 0 Å². The van der Waals surface area contributed by atoms with E-state index in [4.69, 9.17) is 4.98 Å². The summed E-state index contributed by atoms with van der Waals surface area (Å²) in [5, 5.41) is 3.32. The predicted molar refractivity (Wildman–Crippen MR) is 106 cm³/mol. The molecule has 6 nitrogen and oxygen atoms in total. The summed E-state index contributed by atoms with van der Waals surface area (Å²) >= 11 is 0. The van der Waals surface area contributed by atoms with Gasteiger partial charge in [0.05, 0.1) is 11.1 Å². The van der Waals surface area contributed by atoms with Gasteiger partial charge in [-0.15, -0.1) is 0 Å². The van der Waals surface area contributed by atoms with Crippen molar-refractivity contribution in [3.05, 3.63) is 18.0 Å². The Bertz CT molecular complexity index is 654. The molecule has 1 aromatic rings. The Hall–Kier alpha value is -1.69. The molecule has 148 valence electrons. The second-order valence-electron chi connectivity index (χ2n) is 8.87. The van der Waals surface area contributed by atoms with Gasteiger partial charge >= 0.3 is 0 Å². The number of carbonyl (C=O) groups is 1. The topological polar surface area (TPSA) is 61.4 Å². The van der Waals surface area contributed by atoms with Crippen molar-refractivity contribution in [1.29, 1.82) is 0 Å². The molecule has 0 unspecified atom stereocenters. The first-order valence-corrected chi connectivity index (χ1v) is 10.7. The van der Waals surface area contributed by atoms with Crippen LogP contribution >= 0.6 is 0 Å². The summed E-state index contributed by atoms with van der Waals surface area (Å²) in [5.74, 6) is 1.11. The number of nitrogens with one attached hydrogen (secondary N) is 1. The number of hydrogen-bond donors (Lipinski definition) is 1. The second kappa shape index (κ2) is 8.13. The predicted octanol–water partition coefficient (Wildman–Crippen LogP) is 2.74. The van der Waals surface area contributed by atoms with Gasteiger partial charge in [0.25, 0.3) is 0 Å². The van der Waals surface area contributed by atoms with Crippen LogP contribution in [0.25, 0.3) is 0 Å². The number of hydrogen-bond acceptors (Lipinski definition) is 5. The minimum absolute atomic E-state index is 0.250. The van der Waals surface area contributed by atoms with Crippen molar-refractivity contribution in [2.24, 2.45) is 5.41 Å². The van der Waals surface area contributed by atoms with Gasteiger partial charge in [0.2, 0.25) is 11.9 Å². The zero-order valence-electron chi connectivity index (χ0n) is 16.6. The molecule has 1 aliphatic carbocycles.